The summed E-state index contributed by atoms with van der Waals surface area (Å²) in [4.78, 5) is 24.2. The quantitative estimate of drug-likeness (QED) is 0.247. The van der Waals surface area contributed by atoms with Crippen LogP contribution in [0.15, 0.2) is 84.0 Å². The van der Waals surface area contributed by atoms with Crippen molar-refractivity contribution in [2.75, 3.05) is 11.1 Å². The second-order valence-electron chi connectivity index (χ2n) is 7.68. The highest BCUT2D eigenvalue weighted by Gasteiger charge is 2.22. The summed E-state index contributed by atoms with van der Waals surface area (Å²) in [5, 5.41) is 11.8. The molecule has 0 bridgehead atoms. The number of ketones is 1. The molecule has 4 rings (SSSR count). The van der Waals surface area contributed by atoms with E-state index in [9.17, 15) is 14.0 Å². The van der Waals surface area contributed by atoms with Crippen molar-refractivity contribution in [3.8, 4) is 11.4 Å². The van der Waals surface area contributed by atoms with Gasteiger partial charge >= 0.3 is 0 Å². The number of rotatable bonds is 9. The van der Waals surface area contributed by atoms with Crippen LogP contribution >= 0.6 is 11.8 Å². The molecule has 0 aliphatic rings. The summed E-state index contributed by atoms with van der Waals surface area (Å²) >= 11 is 1.21. The van der Waals surface area contributed by atoms with Crippen LogP contribution in [0.2, 0.25) is 0 Å². The number of Topliss-reactive ketones (excluding diaryl/α,β-unsaturated/α-hetero) is 1. The maximum atomic E-state index is 14.1. The van der Waals surface area contributed by atoms with Gasteiger partial charge in [0.25, 0.3) is 0 Å². The Kier molecular flexibility index (Phi) is 7.57. The van der Waals surface area contributed by atoms with E-state index >= 15 is 0 Å². The third-order valence-electron chi connectivity index (χ3n) is 5.06. The molecule has 178 valence electrons. The Hall–Kier alpha value is -3.98. The lowest BCUT2D eigenvalue weighted by Crippen LogP contribution is -2.15. The highest BCUT2D eigenvalue weighted by Crippen LogP contribution is 2.29. The van der Waals surface area contributed by atoms with Crippen molar-refractivity contribution in [2.24, 2.45) is 0 Å². The Morgan fingerprint density at radius 1 is 1.03 bits per heavy atom. The van der Waals surface area contributed by atoms with Crippen LogP contribution < -0.4 is 10.1 Å². The minimum Gasteiger partial charge on any atom is -0.480 e. The molecule has 0 aliphatic carbocycles. The first-order chi connectivity index (χ1) is 16.9. The van der Waals surface area contributed by atoms with Gasteiger partial charge in [-0.15, -0.1) is 10.2 Å². The second-order valence-corrected chi connectivity index (χ2v) is 8.62. The molecule has 1 atom stereocenters. The predicted molar refractivity (Wildman–Crippen MR) is 133 cm³/mol. The first-order valence-corrected chi connectivity index (χ1v) is 11.9. The minimum atomic E-state index is -0.614. The van der Waals surface area contributed by atoms with Gasteiger partial charge in [-0.3, -0.25) is 14.2 Å². The zero-order chi connectivity index (χ0) is 24.8. The fourth-order valence-corrected chi connectivity index (χ4v) is 4.14. The van der Waals surface area contributed by atoms with Crippen molar-refractivity contribution >= 4 is 29.1 Å². The van der Waals surface area contributed by atoms with Crippen molar-refractivity contribution in [3.05, 3.63) is 96.1 Å². The average Bonchev–Trinajstić information content (AvgIpc) is 3.29. The van der Waals surface area contributed by atoms with Crippen LogP contribution in [-0.4, -0.2) is 32.2 Å². The number of thioether (sulfide) groups is 1. The van der Waals surface area contributed by atoms with Crippen LogP contribution in [-0.2, 0) is 4.79 Å². The molecule has 3 aromatic carbocycles. The zero-order valence-corrected chi connectivity index (χ0v) is 20.0. The van der Waals surface area contributed by atoms with Gasteiger partial charge < -0.3 is 10.1 Å². The lowest BCUT2D eigenvalue weighted by Gasteiger charge is -2.17. The Labute approximate surface area is 206 Å². The fraction of sp³-hybridized carbons (Fsp3) is 0.154. The van der Waals surface area contributed by atoms with Gasteiger partial charge in [0.1, 0.15) is 0 Å². The van der Waals surface area contributed by atoms with Crippen molar-refractivity contribution in [2.45, 2.75) is 25.1 Å². The average molecular weight is 491 g/mol. The summed E-state index contributed by atoms with van der Waals surface area (Å²) in [6.45, 7) is 3.24. The molecule has 7 nitrogen and oxygen atoms in total. The summed E-state index contributed by atoms with van der Waals surface area (Å²) < 4.78 is 21.7. The number of amides is 1. The third kappa shape index (κ3) is 5.93. The van der Waals surface area contributed by atoms with Crippen molar-refractivity contribution in [1.82, 2.24) is 14.8 Å². The van der Waals surface area contributed by atoms with Crippen LogP contribution in [0.1, 0.15) is 36.1 Å². The molecule has 0 spiro atoms. The molecular weight excluding hydrogens is 467 g/mol. The SMILES string of the molecule is CC(=O)c1cccc(NC(=O)CSc2nnc(C(C)Oc3ccccc3F)n2-c2ccccc2)c1. The number of benzene rings is 3. The Balaban J connectivity index is 1.53. The Morgan fingerprint density at radius 3 is 2.51 bits per heavy atom. The number of aromatic nitrogens is 3. The molecule has 0 saturated heterocycles. The van der Waals surface area contributed by atoms with Crippen LogP contribution in [0, 0.1) is 5.82 Å². The number of anilines is 1. The van der Waals surface area contributed by atoms with E-state index in [0.29, 0.717) is 22.2 Å². The van der Waals surface area contributed by atoms with E-state index in [1.807, 2.05) is 30.3 Å². The van der Waals surface area contributed by atoms with Crippen LogP contribution in [0.4, 0.5) is 10.1 Å². The largest absolute Gasteiger partial charge is 0.480 e. The number of hydrogen-bond acceptors (Lipinski definition) is 6. The number of hydrogen-bond donors (Lipinski definition) is 1. The van der Waals surface area contributed by atoms with Crippen molar-refractivity contribution in [3.63, 3.8) is 0 Å². The summed E-state index contributed by atoms with van der Waals surface area (Å²) in [7, 11) is 0. The Morgan fingerprint density at radius 2 is 1.77 bits per heavy atom. The van der Waals surface area contributed by atoms with Gasteiger partial charge in [0.15, 0.2) is 34.4 Å². The molecule has 35 heavy (non-hydrogen) atoms. The molecule has 0 fully saturated rings. The molecular formula is C26H23FN4O3S. The first kappa shape index (κ1) is 24.2. The van der Waals surface area contributed by atoms with Gasteiger partial charge in [-0.1, -0.05) is 54.2 Å². The van der Waals surface area contributed by atoms with Crippen LogP contribution in [0.5, 0.6) is 5.75 Å². The van der Waals surface area contributed by atoms with Gasteiger partial charge in [-0.25, -0.2) is 4.39 Å². The number of carbonyl (C=O) groups is 2. The smallest absolute Gasteiger partial charge is 0.234 e. The molecule has 0 radical (unpaired) electrons. The molecule has 4 aromatic rings. The van der Waals surface area contributed by atoms with Crippen LogP contribution in [0.3, 0.4) is 0 Å². The summed E-state index contributed by atoms with van der Waals surface area (Å²) in [6, 6.07) is 22.4. The number of halogens is 1. The van der Waals surface area contributed by atoms with E-state index in [1.165, 1.54) is 24.8 Å². The standard InChI is InChI=1S/C26H23FN4O3S/c1-17(32)19-9-8-10-20(15-19)28-24(33)16-35-26-30-29-25(31(26)21-11-4-3-5-12-21)18(2)34-23-14-7-6-13-22(23)27/h3-15,18H,16H2,1-2H3,(H,28,33). The number of carbonyl (C=O) groups excluding carboxylic acids is 2. The van der Waals surface area contributed by atoms with Gasteiger partial charge in [-0.05, 0) is 50.2 Å². The number of para-hydroxylation sites is 2. The number of nitrogens with zero attached hydrogens (tertiary/aromatic N) is 3. The molecule has 0 saturated carbocycles. The van der Waals surface area contributed by atoms with Gasteiger partial charge in [0.2, 0.25) is 5.91 Å². The van der Waals surface area contributed by atoms with Gasteiger partial charge in [0, 0.05) is 16.9 Å². The molecule has 1 N–H and O–H groups in total. The van der Waals surface area contributed by atoms with Crippen molar-refractivity contribution in [1.29, 1.82) is 0 Å². The minimum absolute atomic E-state index is 0.0673. The summed E-state index contributed by atoms with van der Waals surface area (Å²) in [6.07, 6.45) is -0.614. The normalized spacial score (nSPS) is 11.6. The molecule has 1 unspecified atom stereocenters. The highest BCUT2D eigenvalue weighted by molar-refractivity contribution is 7.99. The lowest BCUT2D eigenvalue weighted by molar-refractivity contribution is -0.113. The fourth-order valence-electron chi connectivity index (χ4n) is 3.38. The zero-order valence-electron chi connectivity index (χ0n) is 19.1. The third-order valence-corrected chi connectivity index (χ3v) is 5.99. The monoisotopic (exact) mass is 490 g/mol. The maximum absolute atomic E-state index is 14.1. The molecule has 0 aliphatic heterocycles. The van der Waals surface area contributed by atoms with E-state index in [2.05, 4.69) is 15.5 Å². The predicted octanol–water partition coefficient (Wildman–Crippen LogP) is 5.48. The summed E-state index contributed by atoms with van der Waals surface area (Å²) in [5.41, 5.74) is 1.85. The molecule has 1 aromatic heterocycles. The topological polar surface area (TPSA) is 86.1 Å². The first-order valence-electron chi connectivity index (χ1n) is 10.9. The van der Waals surface area contributed by atoms with Gasteiger partial charge in [0.05, 0.1) is 5.75 Å². The van der Waals surface area contributed by atoms with E-state index in [1.54, 1.807) is 54.0 Å². The highest BCUT2D eigenvalue weighted by atomic mass is 32.2. The van der Waals surface area contributed by atoms with E-state index in [0.717, 1.165) is 5.69 Å². The summed E-state index contributed by atoms with van der Waals surface area (Å²) in [5.74, 6) is -0.149. The number of nitrogens with one attached hydrogen (secondary N) is 1. The van der Waals surface area contributed by atoms with E-state index in [-0.39, 0.29) is 23.2 Å². The van der Waals surface area contributed by atoms with Gasteiger partial charge in [-0.2, -0.15) is 0 Å². The van der Waals surface area contributed by atoms with Crippen molar-refractivity contribution < 1.29 is 18.7 Å². The number of ether oxygens (including phenoxy) is 1. The maximum Gasteiger partial charge on any atom is 0.234 e. The molecule has 1 heterocycles. The Bertz CT molecular complexity index is 1340. The van der Waals surface area contributed by atoms with Crippen LogP contribution in [0.25, 0.3) is 5.69 Å². The molecule has 9 heteroatoms. The van der Waals surface area contributed by atoms with E-state index < -0.39 is 11.9 Å². The molecule has 1 amide bonds. The second kappa shape index (κ2) is 11.0. The lowest BCUT2D eigenvalue weighted by atomic mass is 10.1. The van der Waals surface area contributed by atoms with E-state index in [4.69, 9.17) is 4.74 Å².